The highest BCUT2D eigenvalue weighted by Gasteiger charge is 2.33. The van der Waals surface area contributed by atoms with Gasteiger partial charge in [0.15, 0.2) is 0 Å². The van der Waals surface area contributed by atoms with Crippen molar-refractivity contribution in [2.75, 3.05) is 13.7 Å². The molecule has 0 spiro atoms. The predicted molar refractivity (Wildman–Crippen MR) is 95.9 cm³/mol. The molecule has 5 heteroatoms. The number of ether oxygens (including phenoxy) is 1. The van der Waals surface area contributed by atoms with Crippen molar-refractivity contribution in [2.24, 2.45) is 0 Å². The third kappa shape index (κ3) is 3.31. The summed E-state index contributed by atoms with van der Waals surface area (Å²) < 4.78 is 7.01. The Morgan fingerprint density at radius 3 is 2.24 bits per heavy atom. The number of nitrogens with zero attached hydrogens (tertiary/aromatic N) is 2. The summed E-state index contributed by atoms with van der Waals surface area (Å²) in [6, 6.07) is 11.2. The van der Waals surface area contributed by atoms with Crippen LogP contribution in [0.25, 0.3) is 5.69 Å². The van der Waals surface area contributed by atoms with Crippen LogP contribution in [0.1, 0.15) is 41.0 Å². The van der Waals surface area contributed by atoms with Gasteiger partial charge in [-0.3, -0.25) is 4.79 Å². The Kier molecular flexibility index (Phi) is 4.93. The number of esters is 1. The molecule has 1 saturated heterocycles. The highest BCUT2D eigenvalue weighted by atomic mass is 16.5. The van der Waals surface area contributed by atoms with E-state index in [0.717, 1.165) is 29.9 Å². The molecule has 0 aliphatic carbocycles. The second-order valence-corrected chi connectivity index (χ2v) is 6.53. The van der Waals surface area contributed by atoms with E-state index in [1.807, 2.05) is 24.3 Å². The van der Waals surface area contributed by atoms with Gasteiger partial charge in [-0.2, -0.15) is 0 Å². The molecule has 0 bridgehead atoms. The molecule has 1 amide bonds. The van der Waals surface area contributed by atoms with Crippen LogP contribution in [0.15, 0.2) is 36.4 Å². The summed E-state index contributed by atoms with van der Waals surface area (Å²) in [6.07, 6.45) is 2.52. The molecule has 0 radical (unpaired) electrons. The van der Waals surface area contributed by atoms with Crippen LogP contribution in [-0.4, -0.2) is 41.0 Å². The Morgan fingerprint density at radius 2 is 1.64 bits per heavy atom. The van der Waals surface area contributed by atoms with Gasteiger partial charge in [0.1, 0.15) is 6.04 Å². The third-order valence-electron chi connectivity index (χ3n) is 4.88. The van der Waals surface area contributed by atoms with E-state index >= 15 is 0 Å². The first-order chi connectivity index (χ1) is 12.0. The molecule has 1 aromatic carbocycles. The van der Waals surface area contributed by atoms with Crippen molar-refractivity contribution < 1.29 is 14.3 Å². The van der Waals surface area contributed by atoms with Gasteiger partial charge in [-0.15, -0.1) is 0 Å². The van der Waals surface area contributed by atoms with Crippen LogP contribution in [-0.2, 0) is 9.53 Å². The summed E-state index contributed by atoms with van der Waals surface area (Å²) in [6.45, 7) is 4.71. The third-order valence-corrected chi connectivity index (χ3v) is 4.88. The van der Waals surface area contributed by atoms with Gasteiger partial charge in [0, 0.05) is 29.2 Å². The van der Waals surface area contributed by atoms with Crippen molar-refractivity contribution in [3.8, 4) is 5.69 Å². The SMILES string of the molecule is COC(=O)C1CCCCN1C(=O)c1ccc(-n2c(C)ccc2C)cc1. The van der Waals surface area contributed by atoms with E-state index in [4.69, 9.17) is 4.74 Å². The van der Waals surface area contributed by atoms with Crippen LogP contribution in [0.2, 0.25) is 0 Å². The zero-order valence-electron chi connectivity index (χ0n) is 15.0. The van der Waals surface area contributed by atoms with Crippen molar-refractivity contribution in [3.63, 3.8) is 0 Å². The fraction of sp³-hybridized carbons (Fsp3) is 0.400. The number of aromatic nitrogens is 1. The van der Waals surface area contributed by atoms with Gasteiger partial charge >= 0.3 is 5.97 Å². The van der Waals surface area contributed by atoms with E-state index in [1.165, 1.54) is 7.11 Å². The van der Waals surface area contributed by atoms with Crippen molar-refractivity contribution in [3.05, 3.63) is 53.3 Å². The Bertz CT molecular complexity index is 757. The minimum atomic E-state index is -0.472. The standard InChI is InChI=1S/C20H24N2O3/c1-14-7-8-15(2)22(14)17-11-9-16(10-12-17)19(23)21-13-5-4-6-18(21)20(24)25-3/h7-12,18H,4-6,13H2,1-3H3. The molecule has 1 aliphatic rings. The Hall–Kier alpha value is -2.56. The second-order valence-electron chi connectivity index (χ2n) is 6.53. The summed E-state index contributed by atoms with van der Waals surface area (Å²) in [5.41, 5.74) is 3.93. The fourth-order valence-electron chi connectivity index (χ4n) is 3.55. The maximum atomic E-state index is 12.9. The van der Waals surface area contributed by atoms with Crippen LogP contribution in [0.5, 0.6) is 0 Å². The zero-order chi connectivity index (χ0) is 18.0. The Labute approximate surface area is 148 Å². The van der Waals surface area contributed by atoms with Gasteiger partial charge in [0.05, 0.1) is 7.11 Å². The van der Waals surface area contributed by atoms with Crippen molar-refractivity contribution in [1.82, 2.24) is 9.47 Å². The van der Waals surface area contributed by atoms with Crippen LogP contribution >= 0.6 is 0 Å². The summed E-state index contributed by atoms with van der Waals surface area (Å²) in [7, 11) is 1.37. The molecule has 1 aliphatic heterocycles. The molecule has 2 aromatic rings. The quantitative estimate of drug-likeness (QED) is 0.806. The molecule has 3 rings (SSSR count). The lowest BCUT2D eigenvalue weighted by Gasteiger charge is -2.33. The van der Waals surface area contributed by atoms with Crippen molar-refractivity contribution >= 4 is 11.9 Å². The van der Waals surface area contributed by atoms with Crippen LogP contribution in [0, 0.1) is 13.8 Å². The predicted octanol–water partition coefficient (Wildman–Crippen LogP) is 3.26. The van der Waals surface area contributed by atoms with E-state index in [1.54, 1.807) is 4.90 Å². The van der Waals surface area contributed by atoms with Crippen molar-refractivity contribution in [2.45, 2.75) is 39.2 Å². The molecule has 5 nitrogen and oxygen atoms in total. The molecular formula is C20H24N2O3. The molecule has 0 N–H and O–H groups in total. The lowest BCUT2D eigenvalue weighted by molar-refractivity contribution is -0.147. The van der Waals surface area contributed by atoms with E-state index in [2.05, 4.69) is 30.5 Å². The van der Waals surface area contributed by atoms with Gasteiger partial charge in [-0.05, 0) is 69.5 Å². The molecular weight excluding hydrogens is 316 g/mol. The monoisotopic (exact) mass is 340 g/mol. The fourth-order valence-corrected chi connectivity index (χ4v) is 3.55. The van der Waals surface area contributed by atoms with Crippen LogP contribution in [0.3, 0.4) is 0 Å². The van der Waals surface area contributed by atoms with E-state index in [0.29, 0.717) is 18.5 Å². The average Bonchev–Trinajstić information content (AvgIpc) is 2.99. The number of rotatable bonds is 3. The Morgan fingerprint density at radius 1 is 1.00 bits per heavy atom. The van der Waals surface area contributed by atoms with E-state index in [9.17, 15) is 9.59 Å². The maximum absolute atomic E-state index is 12.9. The Balaban J connectivity index is 1.84. The minimum absolute atomic E-state index is 0.109. The highest BCUT2D eigenvalue weighted by molar-refractivity contribution is 5.97. The van der Waals surface area contributed by atoms with Gasteiger partial charge in [-0.25, -0.2) is 4.79 Å². The topological polar surface area (TPSA) is 51.5 Å². The van der Waals surface area contributed by atoms with Gasteiger partial charge in [0.25, 0.3) is 5.91 Å². The largest absolute Gasteiger partial charge is 0.467 e. The normalized spacial score (nSPS) is 17.4. The first-order valence-corrected chi connectivity index (χ1v) is 8.67. The molecule has 1 unspecified atom stereocenters. The maximum Gasteiger partial charge on any atom is 0.328 e. The van der Waals surface area contributed by atoms with E-state index in [-0.39, 0.29) is 11.9 Å². The molecule has 1 fully saturated rings. The number of hydrogen-bond donors (Lipinski definition) is 0. The van der Waals surface area contributed by atoms with E-state index < -0.39 is 6.04 Å². The first-order valence-electron chi connectivity index (χ1n) is 8.67. The van der Waals surface area contributed by atoms with Gasteiger partial charge in [-0.1, -0.05) is 0 Å². The average molecular weight is 340 g/mol. The number of aryl methyl sites for hydroxylation is 2. The summed E-state index contributed by atoms with van der Waals surface area (Å²) in [4.78, 5) is 26.5. The smallest absolute Gasteiger partial charge is 0.328 e. The molecule has 2 heterocycles. The van der Waals surface area contributed by atoms with Gasteiger partial charge < -0.3 is 14.2 Å². The molecule has 25 heavy (non-hydrogen) atoms. The minimum Gasteiger partial charge on any atom is -0.467 e. The zero-order valence-corrected chi connectivity index (χ0v) is 15.0. The molecule has 1 atom stereocenters. The highest BCUT2D eigenvalue weighted by Crippen LogP contribution is 2.22. The van der Waals surface area contributed by atoms with Gasteiger partial charge in [0.2, 0.25) is 0 Å². The number of carbonyl (C=O) groups excluding carboxylic acids is 2. The number of amides is 1. The van der Waals surface area contributed by atoms with Crippen LogP contribution in [0.4, 0.5) is 0 Å². The number of benzene rings is 1. The summed E-state index contributed by atoms with van der Waals surface area (Å²) in [5.74, 6) is -0.439. The lowest BCUT2D eigenvalue weighted by atomic mass is 10.0. The number of likely N-dealkylation sites (tertiary alicyclic amines) is 1. The van der Waals surface area contributed by atoms with Crippen LogP contribution < -0.4 is 0 Å². The summed E-state index contributed by atoms with van der Waals surface area (Å²) >= 11 is 0. The number of carbonyl (C=O) groups is 2. The first kappa shape index (κ1) is 17.3. The molecule has 0 saturated carbocycles. The number of hydrogen-bond acceptors (Lipinski definition) is 3. The lowest BCUT2D eigenvalue weighted by Crippen LogP contribution is -2.48. The number of methoxy groups -OCH3 is 1. The molecule has 132 valence electrons. The second kappa shape index (κ2) is 7.13. The van der Waals surface area contributed by atoms with Crippen molar-refractivity contribution in [1.29, 1.82) is 0 Å². The molecule has 1 aromatic heterocycles. The summed E-state index contributed by atoms with van der Waals surface area (Å²) in [5, 5.41) is 0. The number of piperidine rings is 1.